The van der Waals surface area contributed by atoms with Gasteiger partial charge in [-0.05, 0) is 13.8 Å². The monoisotopic (exact) mass is 418 g/mol. The lowest BCUT2D eigenvalue weighted by Crippen LogP contribution is -2.66. The van der Waals surface area contributed by atoms with Crippen LogP contribution in [-0.4, -0.2) is 34.0 Å². The summed E-state index contributed by atoms with van der Waals surface area (Å²) in [6.45, 7) is 0.794. The normalized spacial score (nSPS) is 14.2. The molecule has 13 heteroatoms. The van der Waals surface area contributed by atoms with Crippen molar-refractivity contribution in [2.45, 2.75) is 32.2 Å². The topological polar surface area (TPSA) is 18.5 Å². The van der Waals surface area contributed by atoms with Crippen molar-refractivity contribution >= 4 is 13.7 Å². The summed E-state index contributed by atoms with van der Waals surface area (Å²) in [6, 6.07) is 0. The van der Waals surface area contributed by atoms with Crippen molar-refractivity contribution in [2.24, 2.45) is 0 Å². The Morgan fingerprint density at radius 2 is 1.19 bits per heavy atom. The molecule has 0 aliphatic carbocycles. The van der Waals surface area contributed by atoms with Crippen molar-refractivity contribution in [2.75, 3.05) is 13.2 Å². The van der Waals surface area contributed by atoms with E-state index in [1.807, 2.05) is 0 Å². The second-order valence-corrected chi connectivity index (χ2v) is 7.74. The van der Waals surface area contributed by atoms with Crippen LogP contribution >= 0.6 is 0 Å². The van der Waals surface area contributed by atoms with E-state index in [0.29, 0.717) is 0 Å². The fraction of sp³-hybridized carbons (Fsp3) is 0.538. The third kappa shape index (κ3) is 3.83. The minimum Gasteiger partial charge on any atom is -0.389 e. The van der Waals surface area contributed by atoms with E-state index in [2.05, 4.69) is 8.85 Å². The lowest BCUT2D eigenvalue weighted by atomic mass is 10.1. The highest BCUT2D eigenvalue weighted by Crippen LogP contribution is 2.36. The minimum atomic E-state index is -5.84. The van der Waals surface area contributed by atoms with Crippen molar-refractivity contribution in [3.8, 4) is 0 Å². The molecule has 26 heavy (non-hydrogen) atoms. The van der Waals surface area contributed by atoms with Gasteiger partial charge in [0, 0.05) is 13.2 Å². The van der Waals surface area contributed by atoms with Gasteiger partial charge in [-0.3, -0.25) is 0 Å². The SMILES string of the molecule is CCO[Si](OCC)(c1c(F)c(F)c(C(F)(F)F)c(F)c1F)C(F)C(F)F. The second-order valence-electron chi connectivity index (χ2n) is 4.77. The number of rotatable bonds is 7. The molecule has 0 heterocycles. The van der Waals surface area contributed by atoms with Gasteiger partial charge in [0.15, 0.2) is 23.3 Å². The summed E-state index contributed by atoms with van der Waals surface area (Å²) >= 11 is 0. The summed E-state index contributed by atoms with van der Waals surface area (Å²) in [5, 5.41) is -2.06. The fourth-order valence-corrected chi connectivity index (χ4v) is 5.25. The molecule has 0 saturated carbocycles. The first-order valence-corrected chi connectivity index (χ1v) is 8.89. The molecule has 0 amide bonds. The number of benzene rings is 1. The van der Waals surface area contributed by atoms with E-state index in [-0.39, 0.29) is 0 Å². The molecule has 1 atom stereocenters. The van der Waals surface area contributed by atoms with Crippen LogP contribution in [0.3, 0.4) is 0 Å². The summed E-state index contributed by atoms with van der Waals surface area (Å²) in [4.78, 5) is 0. The molecule has 0 N–H and O–H groups in total. The maximum Gasteiger partial charge on any atom is 0.422 e. The van der Waals surface area contributed by atoms with Crippen LogP contribution < -0.4 is 5.19 Å². The number of hydrogen-bond donors (Lipinski definition) is 0. The van der Waals surface area contributed by atoms with Crippen LogP contribution in [0.25, 0.3) is 0 Å². The lowest BCUT2D eigenvalue weighted by Gasteiger charge is -2.33. The molecule has 1 unspecified atom stereocenters. The van der Waals surface area contributed by atoms with E-state index in [9.17, 15) is 43.9 Å². The molecular weight excluding hydrogens is 406 g/mol. The van der Waals surface area contributed by atoms with Crippen LogP contribution in [0.2, 0.25) is 0 Å². The predicted molar refractivity (Wildman–Crippen MR) is 70.8 cm³/mol. The molecule has 0 aliphatic rings. The first-order valence-electron chi connectivity index (χ1n) is 7.00. The van der Waals surface area contributed by atoms with Gasteiger partial charge in [-0.25, -0.2) is 30.7 Å². The quantitative estimate of drug-likeness (QED) is 0.377. The number of halogens is 10. The molecule has 1 aromatic rings. The summed E-state index contributed by atoms with van der Waals surface area (Å²) in [5.41, 5.74) is -2.92. The van der Waals surface area contributed by atoms with Crippen molar-refractivity contribution < 1.29 is 52.8 Å². The molecule has 1 aromatic carbocycles. The third-order valence-electron chi connectivity index (χ3n) is 3.20. The van der Waals surface area contributed by atoms with E-state index in [0.717, 1.165) is 13.8 Å². The Bertz CT molecular complexity index is 614. The number of hydrogen-bond acceptors (Lipinski definition) is 2. The third-order valence-corrected chi connectivity index (χ3v) is 6.75. The van der Waals surface area contributed by atoms with E-state index in [1.165, 1.54) is 0 Å². The predicted octanol–water partition coefficient (Wildman–Crippen LogP) is 4.13. The molecule has 0 saturated heterocycles. The van der Waals surface area contributed by atoms with E-state index in [1.54, 1.807) is 0 Å². The average molecular weight is 418 g/mol. The van der Waals surface area contributed by atoms with Crippen LogP contribution in [0.5, 0.6) is 0 Å². The highest BCUT2D eigenvalue weighted by atomic mass is 28.4. The molecule has 0 spiro atoms. The zero-order valence-corrected chi connectivity index (χ0v) is 14.2. The van der Waals surface area contributed by atoms with Gasteiger partial charge in [0.2, 0.25) is 5.79 Å². The molecule has 0 aliphatic heterocycles. The Labute approximate surface area is 141 Å². The maximum absolute atomic E-state index is 14.2. The first kappa shape index (κ1) is 22.7. The molecule has 1 rings (SSSR count). The summed E-state index contributed by atoms with van der Waals surface area (Å²) < 4.78 is 143. The maximum atomic E-state index is 14.2. The highest BCUT2D eigenvalue weighted by Gasteiger charge is 2.59. The van der Waals surface area contributed by atoms with Gasteiger partial charge in [-0.15, -0.1) is 0 Å². The Morgan fingerprint density at radius 3 is 1.46 bits per heavy atom. The van der Waals surface area contributed by atoms with E-state index >= 15 is 0 Å². The van der Waals surface area contributed by atoms with E-state index in [4.69, 9.17) is 0 Å². The summed E-state index contributed by atoms with van der Waals surface area (Å²) in [6.07, 6.45) is -9.79. The molecule has 2 nitrogen and oxygen atoms in total. The highest BCUT2D eigenvalue weighted by molar-refractivity contribution is 6.82. The van der Waals surface area contributed by atoms with Crippen LogP contribution in [0, 0.1) is 23.3 Å². The Kier molecular flexibility index (Phi) is 7.09. The first-order chi connectivity index (χ1) is 11.9. The van der Waals surface area contributed by atoms with E-state index < -0.39 is 74.2 Å². The minimum absolute atomic E-state index is 0.678. The largest absolute Gasteiger partial charge is 0.422 e. The van der Waals surface area contributed by atoms with Crippen LogP contribution in [0.1, 0.15) is 19.4 Å². The summed E-state index contributed by atoms with van der Waals surface area (Å²) in [5.74, 6) is -14.8. The zero-order chi connectivity index (χ0) is 20.4. The van der Waals surface area contributed by atoms with Crippen LogP contribution in [-0.2, 0) is 15.0 Å². The number of alkyl halides is 6. The van der Waals surface area contributed by atoms with Crippen LogP contribution in [0.4, 0.5) is 43.9 Å². The molecule has 0 aromatic heterocycles. The fourth-order valence-electron chi connectivity index (χ4n) is 2.26. The lowest BCUT2D eigenvalue weighted by molar-refractivity contribution is -0.143. The Hall–Kier alpha value is -1.34. The van der Waals surface area contributed by atoms with Crippen molar-refractivity contribution in [3.05, 3.63) is 28.8 Å². The van der Waals surface area contributed by atoms with Crippen molar-refractivity contribution in [1.82, 2.24) is 0 Å². The molecule has 0 bridgehead atoms. The zero-order valence-electron chi connectivity index (χ0n) is 13.2. The van der Waals surface area contributed by atoms with Gasteiger partial charge in [-0.1, -0.05) is 0 Å². The van der Waals surface area contributed by atoms with Gasteiger partial charge in [0.1, 0.15) is 5.56 Å². The van der Waals surface area contributed by atoms with Crippen molar-refractivity contribution in [1.29, 1.82) is 0 Å². The standard InChI is InChI=1S/C13H12F10O2Si/c1-3-24-26(25-4-2,12(20)11(18)19)10-8(16)6(14)5(13(21,22)23)7(15)9(10)17/h11-12H,3-4H2,1-2H3. The van der Waals surface area contributed by atoms with Crippen molar-refractivity contribution in [3.63, 3.8) is 0 Å². The molecule has 0 fully saturated rings. The average Bonchev–Trinajstić information content (AvgIpc) is 2.51. The van der Waals surface area contributed by atoms with Gasteiger partial charge >= 0.3 is 14.7 Å². The Balaban J connectivity index is 3.94. The van der Waals surface area contributed by atoms with Gasteiger partial charge in [-0.2, -0.15) is 13.2 Å². The second kappa shape index (κ2) is 8.13. The smallest absolute Gasteiger partial charge is 0.389 e. The molecule has 150 valence electrons. The van der Waals surface area contributed by atoms with Gasteiger partial charge in [0.05, 0.1) is 5.19 Å². The van der Waals surface area contributed by atoms with Gasteiger partial charge in [0.25, 0.3) is 6.43 Å². The Morgan fingerprint density at radius 1 is 0.808 bits per heavy atom. The van der Waals surface area contributed by atoms with Gasteiger partial charge < -0.3 is 8.85 Å². The summed E-state index contributed by atoms with van der Waals surface area (Å²) in [7, 11) is -5.59. The molecule has 0 radical (unpaired) electrons. The van der Waals surface area contributed by atoms with Crippen LogP contribution in [0.15, 0.2) is 0 Å². The molecular formula is C13H12F10O2Si.